The average molecular weight is 713 g/mol. The Morgan fingerprint density at radius 1 is 0.804 bits per heavy atom. The maximum absolute atomic E-state index is 13.8. The molecule has 0 aliphatic carbocycles. The van der Waals surface area contributed by atoms with Gasteiger partial charge in [0.2, 0.25) is 29.5 Å². The fourth-order valence-electron chi connectivity index (χ4n) is 5.38. The van der Waals surface area contributed by atoms with E-state index in [1.807, 2.05) is 0 Å². The summed E-state index contributed by atoms with van der Waals surface area (Å²) in [6.45, 7) is 2.56. The smallest absolute Gasteiger partial charge is 0.326 e. The van der Waals surface area contributed by atoms with E-state index >= 15 is 0 Å². The second-order valence-electron chi connectivity index (χ2n) is 12.6. The number of carbonyl (C=O) groups excluding carboxylic acids is 5. The van der Waals surface area contributed by atoms with Gasteiger partial charge in [0.1, 0.15) is 29.9 Å². The van der Waals surface area contributed by atoms with E-state index in [0.29, 0.717) is 11.1 Å². The van der Waals surface area contributed by atoms with Crippen LogP contribution in [0.5, 0.6) is 5.75 Å². The Labute approximate surface area is 293 Å². The summed E-state index contributed by atoms with van der Waals surface area (Å²) in [7, 11) is 0. The minimum atomic E-state index is -1.78. The van der Waals surface area contributed by atoms with Crippen molar-refractivity contribution < 1.29 is 54.0 Å². The Bertz CT molecular complexity index is 1570. The van der Waals surface area contributed by atoms with Crippen LogP contribution >= 0.6 is 0 Å². The Kier molecular flexibility index (Phi) is 14.4. The minimum Gasteiger partial charge on any atom is -0.508 e. The van der Waals surface area contributed by atoms with Crippen LogP contribution in [0.4, 0.5) is 0 Å². The number of rotatable bonds is 17. The van der Waals surface area contributed by atoms with Crippen molar-refractivity contribution in [3.05, 3.63) is 65.7 Å². The number of nitrogens with zero attached hydrogens (tertiary/aromatic N) is 1. The van der Waals surface area contributed by atoms with E-state index in [2.05, 4.69) is 21.3 Å². The summed E-state index contributed by atoms with van der Waals surface area (Å²) in [5.74, 6) is -7.42. The average Bonchev–Trinajstić information content (AvgIpc) is 3.48. The van der Waals surface area contributed by atoms with Crippen LogP contribution in [0.15, 0.2) is 54.6 Å². The number of nitrogens with two attached hydrogens (primary N) is 1. The molecule has 5 amide bonds. The van der Waals surface area contributed by atoms with Crippen LogP contribution < -0.4 is 27.0 Å². The third-order valence-electron chi connectivity index (χ3n) is 8.23. The number of carboxylic acids is 2. The molecule has 3 rings (SSSR count). The fraction of sp³-hybridized carbons (Fsp3) is 0.441. The van der Waals surface area contributed by atoms with Crippen LogP contribution in [0, 0.1) is 5.92 Å². The molecule has 0 aromatic heterocycles. The van der Waals surface area contributed by atoms with E-state index < -0.39 is 97.3 Å². The number of hydrogen-bond acceptors (Lipinski definition) is 10. The predicted molar refractivity (Wildman–Crippen MR) is 180 cm³/mol. The third kappa shape index (κ3) is 12.1. The molecule has 10 N–H and O–H groups in total. The standard InChI is InChI=1S/C34H44N6O11/c1-18(2)29(35)32(48)36-16-27(43)37-23(12-19-6-4-3-5-7-19)30(46)38-24(13-20-8-10-21(41)11-9-20)31(47)39-25(15-28(44)45)33(49)40-17-22(42)14-26(40)34(50)51/h3-11,18,22-26,29,41-42H,12-17,35H2,1-2H3,(H,36,48)(H,37,43)(H,38,46)(H,39,47)(H,44,45)(H,50,51)/t22-,23+,24+,25+,26+,29+/m1/s1. The first-order chi connectivity index (χ1) is 24.0. The monoisotopic (exact) mass is 712 g/mol. The van der Waals surface area contributed by atoms with Gasteiger partial charge in [-0.3, -0.25) is 28.8 Å². The number of nitrogens with one attached hydrogen (secondary N) is 4. The summed E-state index contributed by atoms with van der Waals surface area (Å²) < 4.78 is 0. The second kappa shape index (κ2) is 18.4. The topological polar surface area (TPSA) is 278 Å². The van der Waals surface area contributed by atoms with E-state index in [1.165, 1.54) is 24.3 Å². The highest BCUT2D eigenvalue weighted by atomic mass is 16.4. The molecular formula is C34H44N6O11. The minimum absolute atomic E-state index is 0.0423. The molecule has 0 bridgehead atoms. The van der Waals surface area contributed by atoms with E-state index in [4.69, 9.17) is 5.73 Å². The number of carboxylic acid groups (broad SMARTS) is 2. The number of hydrogen-bond donors (Lipinski definition) is 9. The molecule has 1 fully saturated rings. The van der Waals surface area contributed by atoms with Gasteiger partial charge in [0.15, 0.2) is 0 Å². The molecule has 276 valence electrons. The summed E-state index contributed by atoms with van der Waals surface area (Å²) in [5, 5.41) is 48.7. The zero-order valence-electron chi connectivity index (χ0n) is 28.2. The Morgan fingerprint density at radius 3 is 1.90 bits per heavy atom. The first-order valence-electron chi connectivity index (χ1n) is 16.2. The number of amides is 5. The normalized spacial score (nSPS) is 17.8. The summed E-state index contributed by atoms with van der Waals surface area (Å²) in [4.78, 5) is 90.5. The molecule has 1 heterocycles. The molecule has 6 atom stereocenters. The molecule has 0 unspecified atom stereocenters. The maximum atomic E-state index is 13.8. The summed E-state index contributed by atoms with van der Waals surface area (Å²) in [5.41, 5.74) is 6.92. The summed E-state index contributed by atoms with van der Waals surface area (Å²) >= 11 is 0. The SMILES string of the molecule is CC(C)[C@H](N)C(=O)NCC(=O)N[C@@H](Cc1ccccc1)C(=O)N[C@@H](Cc1ccc(O)cc1)C(=O)N[C@@H](CC(=O)O)C(=O)N1C[C@H](O)C[C@H]1C(=O)O. The highest BCUT2D eigenvalue weighted by Gasteiger charge is 2.42. The largest absolute Gasteiger partial charge is 0.508 e. The van der Waals surface area contributed by atoms with Crippen LogP contribution in [0.3, 0.4) is 0 Å². The number of aromatic hydroxyl groups is 1. The predicted octanol–water partition coefficient (Wildman–Crippen LogP) is -1.75. The number of phenols is 1. The van der Waals surface area contributed by atoms with Gasteiger partial charge in [-0.25, -0.2) is 4.79 Å². The van der Waals surface area contributed by atoms with Gasteiger partial charge in [-0.2, -0.15) is 0 Å². The fourth-order valence-corrected chi connectivity index (χ4v) is 5.38. The molecule has 2 aromatic rings. The van der Waals surface area contributed by atoms with E-state index in [-0.39, 0.29) is 30.9 Å². The summed E-state index contributed by atoms with van der Waals surface area (Å²) in [6, 6.07) is 7.34. The zero-order chi connectivity index (χ0) is 37.8. The Balaban J connectivity index is 1.88. The Morgan fingerprint density at radius 2 is 1.35 bits per heavy atom. The number of aliphatic hydroxyl groups excluding tert-OH is 1. The van der Waals surface area contributed by atoms with Crippen molar-refractivity contribution >= 4 is 41.5 Å². The van der Waals surface area contributed by atoms with Crippen LogP contribution in [-0.4, -0.2) is 116 Å². The number of aliphatic hydroxyl groups is 1. The second-order valence-corrected chi connectivity index (χ2v) is 12.6. The molecule has 17 nitrogen and oxygen atoms in total. The maximum Gasteiger partial charge on any atom is 0.326 e. The van der Waals surface area contributed by atoms with Crippen molar-refractivity contribution in [1.29, 1.82) is 0 Å². The molecule has 0 spiro atoms. The zero-order valence-corrected chi connectivity index (χ0v) is 28.2. The van der Waals surface area contributed by atoms with E-state index in [0.717, 1.165) is 4.90 Å². The van der Waals surface area contributed by atoms with Gasteiger partial charge in [-0.1, -0.05) is 56.3 Å². The van der Waals surface area contributed by atoms with Crippen LogP contribution in [0.1, 0.15) is 37.8 Å². The van der Waals surface area contributed by atoms with Crippen molar-refractivity contribution in [2.45, 2.75) is 75.8 Å². The molecule has 2 aromatic carbocycles. The lowest BCUT2D eigenvalue weighted by Gasteiger charge is -2.28. The lowest BCUT2D eigenvalue weighted by Crippen LogP contribution is -2.59. The molecule has 17 heteroatoms. The lowest BCUT2D eigenvalue weighted by atomic mass is 10.0. The molecule has 0 saturated carbocycles. The molecule has 1 saturated heterocycles. The van der Waals surface area contributed by atoms with Crippen molar-refractivity contribution in [2.24, 2.45) is 11.7 Å². The van der Waals surface area contributed by atoms with E-state index in [1.54, 1.807) is 44.2 Å². The van der Waals surface area contributed by atoms with Gasteiger partial charge in [-0.05, 0) is 29.2 Å². The van der Waals surface area contributed by atoms with Gasteiger partial charge < -0.3 is 52.3 Å². The van der Waals surface area contributed by atoms with Crippen LogP contribution in [-0.2, 0) is 46.4 Å². The summed E-state index contributed by atoms with van der Waals surface area (Å²) in [6.07, 6.45) is -2.69. The lowest BCUT2D eigenvalue weighted by molar-refractivity contribution is -0.150. The van der Waals surface area contributed by atoms with Crippen molar-refractivity contribution in [3.63, 3.8) is 0 Å². The molecule has 1 aliphatic rings. The number of phenolic OH excluding ortho intramolecular Hbond substituents is 1. The number of carbonyl (C=O) groups is 7. The molecular weight excluding hydrogens is 668 g/mol. The van der Waals surface area contributed by atoms with Gasteiger partial charge in [0, 0.05) is 25.8 Å². The van der Waals surface area contributed by atoms with Crippen molar-refractivity contribution in [1.82, 2.24) is 26.2 Å². The molecule has 1 aliphatic heterocycles. The van der Waals surface area contributed by atoms with Gasteiger partial charge >= 0.3 is 11.9 Å². The van der Waals surface area contributed by atoms with E-state index in [9.17, 15) is 54.0 Å². The highest BCUT2D eigenvalue weighted by molar-refractivity contribution is 5.97. The third-order valence-corrected chi connectivity index (χ3v) is 8.23. The van der Waals surface area contributed by atoms with Gasteiger partial charge in [0.05, 0.1) is 25.1 Å². The number of likely N-dealkylation sites (tertiary alicyclic amines) is 1. The van der Waals surface area contributed by atoms with Crippen LogP contribution in [0.25, 0.3) is 0 Å². The highest BCUT2D eigenvalue weighted by Crippen LogP contribution is 2.20. The van der Waals surface area contributed by atoms with Gasteiger partial charge in [-0.15, -0.1) is 0 Å². The van der Waals surface area contributed by atoms with Crippen LogP contribution in [0.2, 0.25) is 0 Å². The number of aliphatic carboxylic acids is 2. The first kappa shape index (κ1) is 39.9. The van der Waals surface area contributed by atoms with Gasteiger partial charge in [0.25, 0.3) is 0 Å². The van der Waals surface area contributed by atoms with Crippen molar-refractivity contribution in [2.75, 3.05) is 13.1 Å². The Hall–Kier alpha value is -5.55. The number of β-amino-alcohol motifs (C(OH)–C–C–N with tert-alkyl or cyclic N) is 1. The first-order valence-corrected chi connectivity index (χ1v) is 16.2. The molecule has 51 heavy (non-hydrogen) atoms. The van der Waals surface area contributed by atoms with Crippen molar-refractivity contribution in [3.8, 4) is 5.75 Å². The quantitative estimate of drug-likeness (QED) is 0.0884. The number of benzene rings is 2. The molecule has 0 radical (unpaired) electrons.